The topological polar surface area (TPSA) is 66.5 Å². The second-order valence-electron chi connectivity index (χ2n) is 7.37. The molecule has 0 bridgehead atoms. The zero-order valence-corrected chi connectivity index (χ0v) is 18.1. The number of hydrogen-bond donors (Lipinski definition) is 1. The van der Waals surface area contributed by atoms with Gasteiger partial charge in [-0.05, 0) is 60.7 Å². The Hall–Kier alpha value is -1.77. The van der Waals surface area contributed by atoms with E-state index in [4.69, 9.17) is 0 Å². The molecule has 0 aromatic heterocycles. The van der Waals surface area contributed by atoms with Gasteiger partial charge in [0.25, 0.3) is 5.91 Å². The molecule has 1 fully saturated rings. The van der Waals surface area contributed by atoms with Crippen LogP contribution in [0.15, 0.2) is 51.8 Å². The van der Waals surface area contributed by atoms with Crippen LogP contribution in [0.5, 0.6) is 0 Å². The quantitative estimate of drug-likeness (QED) is 0.717. The van der Waals surface area contributed by atoms with Crippen LogP contribution in [0.3, 0.4) is 0 Å². The first-order valence-electron chi connectivity index (χ1n) is 9.03. The lowest BCUT2D eigenvalue weighted by atomic mass is 9.94. The summed E-state index contributed by atoms with van der Waals surface area (Å²) in [5.74, 6) is -0.968. The van der Waals surface area contributed by atoms with Crippen molar-refractivity contribution in [1.82, 2.24) is 4.31 Å². The summed E-state index contributed by atoms with van der Waals surface area (Å²) in [6.45, 7) is 4.87. The first kappa shape index (κ1) is 21.0. The van der Waals surface area contributed by atoms with Crippen LogP contribution < -0.4 is 5.32 Å². The van der Waals surface area contributed by atoms with E-state index in [0.29, 0.717) is 18.8 Å². The molecule has 0 radical (unpaired) electrons. The molecule has 0 spiro atoms. The maximum Gasteiger partial charge on any atom is 0.258 e. The van der Waals surface area contributed by atoms with Crippen LogP contribution in [0.1, 0.15) is 30.6 Å². The third-order valence-electron chi connectivity index (χ3n) is 4.76. The van der Waals surface area contributed by atoms with Crippen LogP contribution in [-0.2, 0) is 10.0 Å². The Bertz CT molecular complexity index is 969. The molecule has 1 aliphatic rings. The standard InChI is InChI=1S/C20H22BrFN2O3S/c1-13-9-14(2)12-24(11-13)28(26,27)17-7-8-19(22)18(10-17)20(25)23-16-5-3-15(21)4-6-16/h3-8,10,13-14H,9,11-12H2,1-2H3,(H,23,25)/t13-,14+. The number of carbonyl (C=O) groups is 1. The molecule has 0 unspecified atom stereocenters. The van der Waals surface area contributed by atoms with E-state index < -0.39 is 21.7 Å². The van der Waals surface area contributed by atoms with Gasteiger partial charge in [-0.3, -0.25) is 4.79 Å². The number of nitrogens with one attached hydrogen (secondary N) is 1. The van der Waals surface area contributed by atoms with Crippen LogP contribution in [-0.4, -0.2) is 31.7 Å². The minimum absolute atomic E-state index is 0.0730. The predicted octanol–water partition coefficient (Wildman–Crippen LogP) is 4.51. The smallest absolute Gasteiger partial charge is 0.258 e. The van der Waals surface area contributed by atoms with Gasteiger partial charge >= 0.3 is 0 Å². The SMILES string of the molecule is C[C@@H]1C[C@H](C)CN(S(=O)(=O)c2ccc(F)c(C(=O)Nc3ccc(Br)cc3)c2)C1. The molecule has 1 saturated heterocycles. The van der Waals surface area contributed by atoms with Gasteiger partial charge in [0.05, 0.1) is 10.5 Å². The van der Waals surface area contributed by atoms with Gasteiger partial charge < -0.3 is 5.32 Å². The maximum absolute atomic E-state index is 14.3. The summed E-state index contributed by atoms with van der Waals surface area (Å²) in [5, 5.41) is 2.59. The lowest BCUT2D eigenvalue weighted by molar-refractivity contribution is 0.102. The molecule has 3 rings (SSSR count). The van der Waals surface area contributed by atoms with E-state index in [1.807, 2.05) is 13.8 Å². The van der Waals surface area contributed by atoms with Crippen molar-refractivity contribution >= 4 is 37.5 Å². The van der Waals surface area contributed by atoms with Gasteiger partial charge in [0.15, 0.2) is 0 Å². The average molecular weight is 469 g/mol. The van der Waals surface area contributed by atoms with Crippen molar-refractivity contribution in [2.45, 2.75) is 25.2 Å². The second kappa shape index (κ2) is 8.31. The number of halogens is 2. The summed E-state index contributed by atoms with van der Waals surface area (Å²) in [6.07, 6.45) is 0.969. The lowest BCUT2D eigenvalue weighted by Crippen LogP contribution is -2.42. The van der Waals surface area contributed by atoms with Gasteiger partial charge in [0, 0.05) is 23.2 Å². The number of amides is 1. The Morgan fingerprint density at radius 3 is 2.32 bits per heavy atom. The second-order valence-corrected chi connectivity index (χ2v) is 10.2. The highest BCUT2D eigenvalue weighted by molar-refractivity contribution is 9.10. The Labute approximate surface area is 173 Å². The summed E-state index contributed by atoms with van der Waals surface area (Å²) in [6, 6.07) is 10.2. The molecule has 28 heavy (non-hydrogen) atoms. The van der Waals surface area contributed by atoms with Crippen LogP contribution in [0.25, 0.3) is 0 Å². The molecule has 1 N–H and O–H groups in total. The van der Waals surface area contributed by atoms with Gasteiger partial charge in [-0.2, -0.15) is 4.31 Å². The van der Waals surface area contributed by atoms with E-state index in [1.165, 1.54) is 10.4 Å². The summed E-state index contributed by atoms with van der Waals surface area (Å²) in [7, 11) is -3.80. The van der Waals surface area contributed by atoms with Crippen LogP contribution in [0, 0.1) is 17.7 Å². The van der Waals surface area contributed by atoms with E-state index in [2.05, 4.69) is 21.2 Å². The zero-order valence-electron chi connectivity index (χ0n) is 15.7. The molecule has 2 aromatic rings. The molecule has 2 atom stereocenters. The molecular weight excluding hydrogens is 447 g/mol. The highest BCUT2D eigenvalue weighted by Crippen LogP contribution is 2.27. The third-order valence-corrected chi connectivity index (χ3v) is 7.11. The monoisotopic (exact) mass is 468 g/mol. The van der Waals surface area contributed by atoms with Crippen molar-refractivity contribution in [2.75, 3.05) is 18.4 Å². The minimum atomic E-state index is -3.80. The molecule has 8 heteroatoms. The molecule has 0 saturated carbocycles. The van der Waals surface area contributed by atoms with E-state index in [9.17, 15) is 17.6 Å². The number of rotatable bonds is 4. The lowest BCUT2D eigenvalue weighted by Gasteiger charge is -2.34. The first-order chi connectivity index (χ1) is 13.2. The third kappa shape index (κ3) is 4.61. The number of nitrogens with zero attached hydrogens (tertiary/aromatic N) is 1. The van der Waals surface area contributed by atoms with E-state index in [0.717, 1.165) is 23.0 Å². The van der Waals surface area contributed by atoms with Crippen molar-refractivity contribution in [3.05, 3.63) is 58.3 Å². The molecule has 5 nitrogen and oxygen atoms in total. The van der Waals surface area contributed by atoms with E-state index in [1.54, 1.807) is 24.3 Å². The van der Waals surface area contributed by atoms with E-state index >= 15 is 0 Å². The van der Waals surface area contributed by atoms with Crippen LogP contribution >= 0.6 is 15.9 Å². The molecule has 1 aliphatic heterocycles. The molecule has 150 valence electrons. The maximum atomic E-state index is 14.3. The molecular formula is C20H22BrFN2O3S. The number of piperidine rings is 1. The average Bonchev–Trinajstić information content (AvgIpc) is 2.63. The molecule has 1 amide bonds. The number of hydrogen-bond acceptors (Lipinski definition) is 3. The summed E-state index contributed by atoms with van der Waals surface area (Å²) >= 11 is 3.30. The van der Waals surface area contributed by atoms with Gasteiger partial charge in [-0.1, -0.05) is 29.8 Å². The van der Waals surface area contributed by atoms with E-state index in [-0.39, 0.29) is 22.3 Å². The first-order valence-corrected chi connectivity index (χ1v) is 11.3. The number of benzene rings is 2. The Kier molecular flexibility index (Phi) is 6.21. The minimum Gasteiger partial charge on any atom is -0.322 e. The van der Waals surface area contributed by atoms with Crippen LogP contribution in [0.2, 0.25) is 0 Å². The van der Waals surface area contributed by atoms with Crippen molar-refractivity contribution in [1.29, 1.82) is 0 Å². The summed E-state index contributed by atoms with van der Waals surface area (Å²) in [4.78, 5) is 12.4. The van der Waals surface area contributed by atoms with Gasteiger partial charge in [-0.15, -0.1) is 0 Å². The van der Waals surface area contributed by atoms with Crippen molar-refractivity contribution in [2.24, 2.45) is 11.8 Å². The highest BCUT2D eigenvalue weighted by atomic mass is 79.9. The Morgan fingerprint density at radius 2 is 1.71 bits per heavy atom. The highest BCUT2D eigenvalue weighted by Gasteiger charge is 2.32. The fraction of sp³-hybridized carbons (Fsp3) is 0.350. The normalized spacial score (nSPS) is 20.7. The fourth-order valence-electron chi connectivity index (χ4n) is 3.52. The number of anilines is 1. The summed E-state index contributed by atoms with van der Waals surface area (Å²) in [5.41, 5.74) is 0.182. The Morgan fingerprint density at radius 1 is 1.11 bits per heavy atom. The summed E-state index contributed by atoms with van der Waals surface area (Å²) < 4.78 is 42.6. The number of carbonyl (C=O) groups excluding carboxylic acids is 1. The molecule has 2 aromatic carbocycles. The van der Waals surface area contributed by atoms with Crippen molar-refractivity contribution in [3.63, 3.8) is 0 Å². The van der Waals surface area contributed by atoms with Crippen LogP contribution in [0.4, 0.5) is 10.1 Å². The van der Waals surface area contributed by atoms with Gasteiger partial charge in [0.1, 0.15) is 5.82 Å². The fourth-order valence-corrected chi connectivity index (χ4v) is 5.49. The van der Waals surface area contributed by atoms with Crippen molar-refractivity contribution in [3.8, 4) is 0 Å². The predicted molar refractivity (Wildman–Crippen MR) is 110 cm³/mol. The largest absolute Gasteiger partial charge is 0.322 e. The molecule has 1 heterocycles. The number of sulfonamides is 1. The van der Waals surface area contributed by atoms with Gasteiger partial charge in [0.2, 0.25) is 10.0 Å². The zero-order chi connectivity index (χ0) is 20.5. The molecule has 0 aliphatic carbocycles. The van der Waals surface area contributed by atoms with Crippen molar-refractivity contribution < 1.29 is 17.6 Å². The Balaban J connectivity index is 1.88. The van der Waals surface area contributed by atoms with Gasteiger partial charge in [-0.25, -0.2) is 12.8 Å².